The zero-order valence-corrected chi connectivity index (χ0v) is 12.0. The van der Waals surface area contributed by atoms with E-state index in [0.717, 1.165) is 5.56 Å². The summed E-state index contributed by atoms with van der Waals surface area (Å²) >= 11 is 6.12. The number of halogens is 2. The van der Waals surface area contributed by atoms with Crippen LogP contribution in [-0.2, 0) is 13.0 Å². The lowest BCUT2D eigenvalue weighted by Gasteiger charge is -2.13. The van der Waals surface area contributed by atoms with Gasteiger partial charge in [-0.1, -0.05) is 29.8 Å². The average molecular weight is 305 g/mol. The van der Waals surface area contributed by atoms with E-state index in [0.29, 0.717) is 29.3 Å². The number of para-hydroxylation sites is 1. The van der Waals surface area contributed by atoms with Gasteiger partial charge in [0.2, 0.25) is 0 Å². The summed E-state index contributed by atoms with van der Waals surface area (Å²) in [6.45, 7) is 0.515. The maximum atomic E-state index is 13.8. The Morgan fingerprint density at radius 2 is 2.05 bits per heavy atom. The molecule has 0 atom stereocenters. The Kier molecular flexibility index (Phi) is 5.15. The lowest BCUT2D eigenvalue weighted by atomic mass is 10.1. The van der Waals surface area contributed by atoms with Gasteiger partial charge in [-0.15, -0.1) is 0 Å². The van der Waals surface area contributed by atoms with Crippen LogP contribution in [0.3, 0.4) is 0 Å². The Labute approximate surface area is 127 Å². The van der Waals surface area contributed by atoms with Crippen LogP contribution in [0.15, 0.2) is 36.4 Å². The van der Waals surface area contributed by atoms with Crippen molar-refractivity contribution in [3.05, 3.63) is 63.9 Å². The summed E-state index contributed by atoms with van der Waals surface area (Å²) in [5.41, 5.74) is 7.09. The zero-order chi connectivity index (χ0) is 15.2. The summed E-state index contributed by atoms with van der Waals surface area (Å²) < 4.78 is 19.5. The van der Waals surface area contributed by atoms with Crippen LogP contribution >= 0.6 is 11.6 Å². The van der Waals surface area contributed by atoms with E-state index in [1.54, 1.807) is 12.1 Å². The second-order valence-corrected chi connectivity index (χ2v) is 4.88. The minimum absolute atomic E-state index is 0.0405. The number of hydrogen-bond acceptors (Lipinski definition) is 3. The van der Waals surface area contributed by atoms with Crippen LogP contribution < -0.4 is 10.5 Å². The van der Waals surface area contributed by atoms with Gasteiger partial charge in [0.1, 0.15) is 18.2 Å². The molecule has 0 aliphatic carbocycles. The van der Waals surface area contributed by atoms with Crippen LogP contribution in [0.4, 0.5) is 4.39 Å². The highest BCUT2D eigenvalue weighted by Gasteiger charge is 2.10. The summed E-state index contributed by atoms with van der Waals surface area (Å²) in [5.74, 6) is 0.0508. The molecule has 0 saturated heterocycles. The lowest BCUT2D eigenvalue weighted by Crippen LogP contribution is -2.06. The fraction of sp³-hybridized carbons (Fsp3) is 0.188. The van der Waals surface area contributed by atoms with E-state index in [-0.39, 0.29) is 12.2 Å². The number of benzene rings is 2. The van der Waals surface area contributed by atoms with Gasteiger partial charge in [0, 0.05) is 5.56 Å². The van der Waals surface area contributed by atoms with Crippen LogP contribution in [0, 0.1) is 17.1 Å². The molecule has 0 heterocycles. The molecule has 2 aromatic rings. The van der Waals surface area contributed by atoms with Crippen LogP contribution in [0.5, 0.6) is 5.75 Å². The first kappa shape index (κ1) is 15.3. The molecular formula is C16H14ClFN2O. The van der Waals surface area contributed by atoms with Crippen molar-refractivity contribution in [3.63, 3.8) is 0 Å². The van der Waals surface area contributed by atoms with Crippen molar-refractivity contribution in [2.45, 2.75) is 13.0 Å². The van der Waals surface area contributed by atoms with E-state index in [1.807, 2.05) is 18.2 Å². The molecule has 0 radical (unpaired) electrons. The molecule has 0 unspecified atom stereocenters. The number of hydrogen-bond donors (Lipinski definition) is 1. The van der Waals surface area contributed by atoms with Crippen molar-refractivity contribution in [3.8, 4) is 11.8 Å². The van der Waals surface area contributed by atoms with E-state index >= 15 is 0 Å². The third kappa shape index (κ3) is 3.72. The minimum atomic E-state index is -0.471. The molecule has 5 heteroatoms. The number of nitriles is 1. The van der Waals surface area contributed by atoms with Gasteiger partial charge in [0.25, 0.3) is 0 Å². The van der Waals surface area contributed by atoms with Gasteiger partial charge in [-0.05, 0) is 36.7 Å². The second kappa shape index (κ2) is 7.07. The number of ether oxygens (including phenoxy) is 1. The Morgan fingerprint density at radius 1 is 1.24 bits per heavy atom. The van der Waals surface area contributed by atoms with Crippen molar-refractivity contribution in [2.24, 2.45) is 5.73 Å². The monoisotopic (exact) mass is 304 g/mol. The third-order valence-electron chi connectivity index (χ3n) is 3.02. The molecule has 2 rings (SSSR count). The van der Waals surface area contributed by atoms with Crippen molar-refractivity contribution in [1.29, 1.82) is 5.26 Å². The summed E-state index contributed by atoms with van der Waals surface area (Å²) in [7, 11) is 0. The summed E-state index contributed by atoms with van der Waals surface area (Å²) in [5, 5.41) is 9.18. The molecule has 108 valence electrons. The largest absolute Gasteiger partial charge is 0.487 e. The van der Waals surface area contributed by atoms with E-state index in [2.05, 4.69) is 0 Å². The number of rotatable bonds is 5. The molecule has 0 amide bonds. The Hall–Kier alpha value is -2.09. The fourth-order valence-electron chi connectivity index (χ4n) is 1.95. The standard InChI is InChI=1S/C16H14ClFN2O/c17-14-3-1-2-12(6-7-19)16(14)21-10-13-5-4-11(9-20)8-15(13)18/h1-5,8H,6-7,10,19H2. The molecule has 0 bridgehead atoms. The zero-order valence-electron chi connectivity index (χ0n) is 11.3. The van der Waals surface area contributed by atoms with Crippen molar-refractivity contribution in [1.82, 2.24) is 0 Å². The van der Waals surface area contributed by atoms with Gasteiger partial charge in [-0.2, -0.15) is 5.26 Å². The van der Waals surface area contributed by atoms with Gasteiger partial charge in [0.15, 0.2) is 0 Å². The first-order chi connectivity index (χ1) is 10.2. The highest BCUT2D eigenvalue weighted by Crippen LogP contribution is 2.30. The maximum absolute atomic E-state index is 13.8. The topological polar surface area (TPSA) is 59.0 Å². The Morgan fingerprint density at radius 3 is 2.71 bits per heavy atom. The molecule has 0 spiro atoms. The first-order valence-corrected chi connectivity index (χ1v) is 6.82. The van der Waals surface area contributed by atoms with Crippen LogP contribution in [0.25, 0.3) is 0 Å². The quantitative estimate of drug-likeness (QED) is 0.920. The van der Waals surface area contributed by atoms with E-state index in [4.69, 9.17) is 27.3 Å². The smallest absolute Gasteiger partial charge is 0.141 e. The van der Waals surface area contributed by atoms with E-state index in [1.165, 1.54) is 12.1 Å². The highest BCUT2D eigenvalue weighted by molar-refractivity contribution is 6.32. The molecule has 3 nitrogen and oxygen atoms in total. The maximum Gasteiger partial charge on any atom is 0.141 e. The average Bonchev–Trinajstić information content (AvgIpc) is 2.48. The molecule has 21 heavy (non-hydrogen) atoms. The SMILES string of the molecule is N#Cc1ccc(COc2c(Cl)cccc2CCN)c(F)c1. The summed E-state index contributed by atoms with van der Waals surface area (Å²) in [6.07, 6.45) is 0.631. The number of nitrogens with zero attached hydrogens (tertiary/aromatic N) is 1. The predicted octanol–water partition coefficient (Wildman–Crippen LogP) is 3.43. The first-order valence-electron chi connectivity index (χ1n) is 6.44. The van der Waals surface area contributed by atoms with Crippen LogP contribution in [0.2, 0.25) is 5.02 Å². The Bertz CT molecular complexity index is 682. The normalized spacial score (nSPS) is 10.2. The molecule has 0 aliphatic rings. The molecule has 2 N–H and O–H groups in total. The molecule has 2 aromatic carbocycles. The molecular weight excluding hydrogens is 291 g/mol. The highest BCUT2D eigenvalue weighted by atomic mass is 35.5. The second-order valence-electron chi connectivity index (χ2n) is 4.47. The van der Waals surface area contributed by atoms with E-state index in [9.17, 15) is 4.39 Å². The lowest BCUT2D eigenvalue weighted by molar-refractivity contribution is 0.297. The predicted molar refractivity (Wildman–Crippen MR) is 79.7 cm³/mol. The summed E-state index contributed by atoms with van der Waals surface area (Å²) in [6, 6.07) is 11.6. The minimum Gasteiger partial charge on any atom is -0.487 e. The van der Waals surface area contributed by atoms with Crippen LogP contribution in [0.1, 0.15) is 16.7 Å². The van der Waals surface area contributed by atoms with E-state index < -0.39 is 5.82 Å². The molecule has 0 aliphatic heterocycles. The third-order valence-corrected chi connectivity index (χ3v) is 3.31. The summed E-state index contributed by atoms with van der Waals surface area (Å²) in [4.78, 5) is 0. The van der Waals surface area contributed by atoms with Gasteiger partial charge in [0.05, 0.1) is 16.7 Å². The van der Waals surface area contributed by atoms with Gasteiger partial charge >= 0.3 is 0 Å². The fourth-order valence-corrected chi connectivity index (χ4v) is 2.20. The van der Waals surface area contributed by atoms with Crippen molar-refractivity contribution >= 4 is 11.6 Å². The van der Waals surface area contributed by atoms with Gasteiger partial charge in [-0.25, -0.2) is 4.39 Å². The molecule has 0 aromatic heterocycles. The van der Waals surface area contributed by atoms with Crippen LogP contribution in [-0.4, -0.2) is 6.54 Å². The van der Waals surface area contributed by atoms with Crippen molar-refractivity contribution in [2.75, 3.05) is 6.54 Å². The Balaban J connectivity index is 2.19. The van der Waals surface area contributed by atoms with Gasteiger partial charge < -0.3 is 10.5 Å². The molecule has 0 fully saturated rings. The van der Waals surface area contributed by atoms with Crippen molar-refractivity contribution < 1.29 is 9.13 Å². The van der Waals surface area contributed by atoms with Gasteiger partial charge in [-0.3, -0.25) is 0 Å². The number of nitrogens with two attached hydrogens (primary N) is 1. The molecule has 0 saturated carbocycles.